The molecular formula is C35H45N3O2. The van der Waals surface area contributed by atoms with Crippen molar-refractivity contribution in [2.45, 2.75) is 51.5 Å². The van der Waals surface area contributed by atoms with Crippen LogP contribution in [0.15, 0.2) is 116 Å². The highest BCUT2D eigenvalue weighted by atomic mass is 16.5. The number of ether oxygens (including phenoxy) is 1. The van der Waals surface area contributed by atoms with Crippen molar-refractivity contribution in [2.75, 3.05) is 19.7 Å². The number of nitrogens with zero attached hydrogens (tertiary/aromatic N) is 1. The molecule has 3 N–H and O–H groups in total. The van der Waals surface area contributed by atoms with Crippen molar-refractivity contribution < 1.29 is 9.53 Å². The first-order valence-corrected chi connectivity index (χ1v) is 14.5. The second-order valence-electron chi connectivity index (χ2n) is 10.0. The van der Waals surface area contributed by atoms with Crippen molar-refractivity contribution in [1.82, 2.24) is 10.2 Å². The van der Waals surface area contributed by atoms with Crippen LogP contribution in [0.4, 0.5) is 0 Å². The number of nitrogens with two attached hydrogens (primary N) is 1. The van der Waals surface area contributed by atoms with Crippen LogP contribution in [0.5, 0.6) is 0 Å². The normalized spacial score (nSPS) is 12.5. The molecule has 0 bridgehead atoms. The van der Waals surface area contributed by atoms with Crippen LogP contribution in [0.3, 0.4) is 0 Å². The average Bonchev–Trinajstić information content (AvgIpc) is 3.00. The number of esters is 1. The topological polar surface area (TPSA) is 67.6 Å². The predicted molar refractivity (Wildman–Crippen MR) is 165 cm³/mol. The summed E-state index contributed by atoms with van der Waals surface area (Å²) in [6.07, 6.45) is 7.72. The van der Waals surface area contributed by atoms with Crippen LogP contribution in [0.2, 0.25) is 0 Å². The van der Waals surface area contributed by atoms with Crippen molar-refractivity contribution >= 4 is 5.97 Å². The number of hydrogen-bond acceptors (Lipinski definition) is 5. The maximum absolute atomic E-state index is 12.9. The van der Waals surface area contributed by atoms with E-state index in [2.05, 4.69) is 91.6 Å². The van der Waals surface area contributed by atoms with Gasteiger partial charge in [0.2, 0.25) is 0 Å². The number of carbonyl (C=O) groups is 1. The van der Waals surface area contributed by atoms with E-state index in [1.807, 2.05) is 36.2 Å². The minimum atomic E-state index is -0.536. The third-order valence-electron chi connectivity index (χ3n) is 7.18. The summed E-state index contributed by atoms with van der Waals surface area (Å²) < 4.78 is 5.43. The van der Waals surface area contributed by atoms with Crippen LogP contribution >= 0.6 is 0 Å². The lowest BCUT2D eigenvalue weighted by Crippen LogP contribution is -2.45. The van der Waals surface area contributed by atoms with Crippen LogP contribution in [0.25, 0.3) is 0 Å². The van der Waals surface area contributed by atoms with Gasteiger partial charge in [0.15, 0.2) is 0 Å². The lowest BCUT2D eigenvalue weighted by Gasteiger charge is -2.37. The van der Waals surface area contributed by atoms with E-state index in [0.29, 0.717) is 31.7 Å². The summed E-state index contributed by atoms with van der Waals surface area (Å²) in [6.45, 7) is 9.80. The molecule has 212 valence electrons. The Morgan fingerprint density at radius 2 is 1.45 bits per heavy atom. The predicted octanol–water partition coefficient (Wildman–Crippen LogP) is 6.96. The zero-order valence-electron chi connectivity index (χ0n) is 24.1. The van der Waals surface area contributed by atoms with E-state index >= 15 is 0 Å². The molecule has 0 saturated heterocycles. The number of nitrogens with one attached hydrogen (secondary N) is 1. The Morgan fingerprint density at radius 3 is 1.90 bits per heavy atom. The van der Waals surface area contributed by atoms with Gasteiger partial charge in [0, 0.05) is 24.9 Å². The fraction of sp³-hybridized carbons (Fsp3) is 0.343. The highest BCUT2D eigenvalue weighted by Gasteiger charge is 2.35. The Balaban J connectivity index is 1.82. The van der Waals surface area contributed by atoms with Crippen LogP contribution in [-0.2, 0) is 15.1 Å². The van der Waals surface area contributed by atoms with Gasteiger partial charge in [0.25, 0.3) is 0 Å². The van der Waals surface area contributed by atoms with Gasteiger partial charge in [-0.25, -0.2) is 0 Å². The van der Waals surface area contributed by atoms with Gasteiger partial charge in [-0.15, -0.1) is 0 Å². The fourth-order valence-corrected chi connectivity index (χ4v) is 5.16. The highest BCUT2D eigenvalue weighted by molar-refractivity contribution is 5.72. The molecular weight excluding hydrogens is 494 g/mol. The Bertz CT molecular complexity index is 1080. The number of unbranched alkanes of at least 4 members (excludes halogenated alkanes) is 1. The van der Waals surface area contributed by atoms with E-state index in [9.17, 15) is 4.79 Å². The van der Waals surface area contributed by atoms with E-state index in [1.165, 1.54) is 0 Å². The van der Waals surface area contributed by atoms with Crippen molar-refractivity contribution in [3.05, 3.63) is 132 Å². The zero-order chi connectivity index (χ0) is 28.6. The Morgan fingerprint density at radius 1 is 0.925 bits per heavy atom. The average molecular weight is 540 g/mol. The van der Waals surface area contributed by atoms with Gasteiger partial charge in [0.05, 0.1) is 18.1 Å². The molecule has 5 heteroatoms. The van der Waals surface area contributed by atoms with Crippen molar-refractivity contribution in [1.29, 1.82) is 0 Å². The summed E-state index contributed by atoms with van der Waals surface area (Å²) in [7, 11) is 0. The number of rotatable bonds is 17. The Kier molecular flexibility index (Phi) is 12.5. The molecule has 0 radical (unpaired) electrons. The van der Waals surface area contributed by atoms with Gasteiger partial charge in [-0.2, -0.15) is 0 Å². The molecule has 3 aromatic rings. The number of allylic oxidation sites excluding steroid dienone is 1. The molecule has 40 heavy (non-hydrogen) atoms. The maximum atomic E-state index is 12.9. The molecule has 0 aliphatic carbocycles. The first-order valence-electron chi connectivity index (χ1n) is 14.5. The third-order valence-corrected chi connectivity index (χ3v) is 7.18. The molecule has 0 aliphatic heterocycles. The molecule has 0 spiro atoms. The minimum absolute atomic E-state index is 0.196. The van der Waals surface area contributed by atoms with E-state index < -0.39 is 5.54 Å². The number of carbonyl (C=O) groups excluding carboxylic acids is 1. The largest absolute Gasteiger partial charge is 0.466 e. The molecule has 0 aliphatic rings. The van der Waals surface area contributed by atoms with Crippen LogP contribution in [0, 0.1) is 5.92 Å². The summed E-state index contributed by atoms with van der Waals surface area (Å²) in [5, 5.41) is 3.91. The molecule has 1 atom stereocenters. The van der Waals surface area contributed by atoms with Gasteiger partial charge >= 0.3 is 5.97 Å². The highest BCUT2D eigenvalue weighted by Crippen LogP contribution is 2.36. The van der Waals surface area contributed by atoms with Gasteiger partial charge in [-0.1, -0.05) is 111 Å². The molecule has 0 heterocycles. The van der Waals surface area contributed by atoms with E-state index in [0.717, 1.165) is 42.5 Å². The van der Waals surface area contributed by atoms with E-state index in [-0.39, 0.29) is 11.9 Å². The standard InChI is InChI=1S/C35H45N3O2/c1-4-7-26-38(5-2)28-33(36)27-29(34(39)40-6-3)18-17-25-37-35(30-19-11-8-12-20-30,31-21-13-9-14-22-31)32-23-15-10-16-24-32/h5,8-16,19-24,28-29,37H,2,4,6-7,17-18,25-27,36H2,1,3H3/b33-28-/t29-/m1/s1. The van der Waals surface area contributed by atoms with E-state index in [4.69, 9.17) is 10.5 Å². The van der Waals surface area contributed by atoms with Gasteiger partial charge in [0.1, 0.15) is 0 Å². The summed E-state index contributed by atoms with van der Waals surface area (Å²) in [6, 6.07) is 31.6. The van der Waals surface area contributed by atoms with Crippen LogP contribution in [-0.4, -0.2) is 30.6 Å². The molecule has 5 nitrogen and oxygen atoms in total. The van der Waals surface area contributed by atoms with Crippen molar-refractivity contribution in [2.24, 2.45) is 11.7 Å². The first-order chi connectivity index (χ1) is 19.5. The smallest absolute Gasteiger partial charge is 0.309 e. The monoisotopic (exact) mass is 539 g/mol. The van der Waals surface area contributed by atoms with Gasteiger partial charge in [-0.05, 0) is 55.6 Å². The lowest BCUT2D eigenvalue weighted by molar-refractivity contribution is -0.148. The molecule has 0 amide bonds. The molecule has 0 fully saturated rings. The third kappa shape index (κ3) is 8.33. The first kappa shape index (κ1) is 30.7. The van der Waals surface area contributed by atoms with E-state index in [1.54, 1.807) is 6.20 Å². The van der Waals surface area contributed by atoms with Crippen molar-refractivity contribution in [3.8, 4) is 0 Å². The summed E-state index contributed by atoms with van der Waals surface area (Å²) in [5.41, 5.74) is 10.0. The van der Waals surface area contributed by atoms with Gasteiger partial charge < -0.3 is 15.4 Å². The second-order valence-corrected chi connectivity index (χ2v) is 10.0. The SMILES string of the molecule is C=CN(/C=C(\N)C[C@@H](CCCNC(c1ccccc1)(c1ccccc1)c1ccccc1)C(=O)OCC)CCCC. The Hall–Kier alpha value is -3.83. The van der Waals surface area contributed by atoms with Crippen LogP contribution < -0.4 is 11.1 Å². The van der Waals surface area contributed by atoms with Crippen LogP contribution in [0.1, 0.15) is 62.6 Å². The minimum Gasteiger partial charge on any atom is -0.466 e. The number of benzene rings is 3. The molecule has 3 rings (SSSR count). The van der Waals surface area contributed by atoms with Gasteiger partial charge in [-0.3, -0.25) is 10.1 Å². The van der Waals surface area contributed by atoms with Crippen molar-refractivity contribution in [3.63, 3.8) is 0 Å². The lowest BCUT2D eigenvalue weighted by atomic mass is 9.77. The number of hydrogen-bond donors (Lipinski definition) is 2. The fourth-order valence-electron chi connectivity index (χ4n) is 5.16. The quantitative estimate of drug-likeness (QED) is 0.110. The molecule has 3 aromatic carbocycles. The maximum Gasteiger partial charge on any atom is 0.309 e. The summed E-state index contributed by atoms with van der Waals surface area (Å²) in [5.74, 6) is -0.506. The molecule has 0 saturated carbocycles. The molecule has 0 aromatic heterocycles. The molecule has 0 unspecified atom stereocenters. The second kappa shape index (κ2) is 16.3. The zero-order valence-corrected chi connectivity index (χ0v) is 24.1. The summed E-state index contributed by atoms with van der Waals surface area (Å²) >= 11 is 0. The summed E-state index contributed by atoms with van der Waals surface area (Å²) in [4.78, 5) is 14.9. The Labute approximate surface area is 240 Å².